The van der Waals surface area contributed by atoms with Gasteiger partial charge in [-0.2, -0.15) is 5.10 Å². The second kappa shape index (κ2) is 8.74. The fourth-order valence-electron chi connectivity index (χ4n) is 4.46. The number of benzene rings is 3. The van der Waals surface area contributed by atoms with E-state index in [1.807, 2.05) is 30.3 Å². The Kier molecular flexibility index (Phi) is 5.75. The molecule has 0 radical (unpaired) electrons. The number of ether oxygens (including phenoxy) is 3. The topological polar surface area (TPSA) is 80.6 Å². The van der Waals surface area contributed by atoms with Crippen LogP contribution in [0.3, 0.4) is 0 Å². The van der Waals surface area contributed by atoms with E-state index < -0.39 is 12.2 Å². The number of halogens is 2. The van der Waals surface area contributed by atoms with Crippen molar-refractivity contribution in [2.75, 3.05) is 14.2 Å². The van der Waals surface area contributed by atoms with Gasteiger partial charge in [0.2, 0.25) is 6.23 Å². The number of hydrogen-bond acceptors (Lipinski definition) is 6. The van der Waals surface area contributed by atoms with Gasteiger partial charge in [-0.3, -0.25) is 0 Å². The Morgan fingerprint density at radius 2 is 1.85 bits per heavy atom. The molecule has 7 nitrogen and oxygen atoms in total. The number of nitrogens with zero attached hydrogens (tertiary/aromatic N) is 2. The Morgan fingerprint density at radius 3 is 2.56 bits per heavy atom. The number of rotatable bonds is 5. The second-order valence-electron chi connectivity index (χ2n) is 7.85. The highest BCUT2D eigenvalue weighted by Crippen LogP contribution is 2.49. The van der Waals surface area contributed by atoms with Crippen LogP contribution in [0.4, 0.5) is 0 Å². The molecule has 9 heteroatoms. The van der Waals surface area contributed by atoms with Gasteiger partial charge in [-0.1, -0.05) is 47.5 Å². The minimum atomic E-state index is -1.15. The summed E-state index contributed by atoms with van der Waals surface area (Å²) in [5, 5.41) is 17.6. The van der Waals surface area contributed by atoms with E-state index in [2.05, 4.69) is 0 Å². The third-order valence-corrected chi connectivity index (χ3v) is 6.75. The molecule has 2 aliphatic rings. The van der Waals surface area contributed by atoms with Crippen molar-refractivity contribution >= 4 is 34.9 Å². The lowest BCUT2D eigenvalue weighted by Crippen LogP contribution is -2.34. The summed E-state index contributed by atoms with van der Waals surface area (Å²) in [6.07, 6.45) is -0.212. The number of aromatic carboxylic acids is 1. The maximum Gasteiger partial charge on any atom is 0.340 e. The third kappa shape index (κ3) is 3.61. The van der Waals surface area contributed by atoms with Crippen LogP contribution >= 0.6 is 23.2 Å². The molecule has 0 aromatic heterocycles. The van der Waals surface area contributed by atoms with Crippen molar-refractivity contribution in [1.82, 2.24) is 5.01 Å². The Bertz CT molecular complexity index is 1330. The number of hydrazone groups is 1. The van der Waals surface area contributed by atoms with Crippen LogP contribution in [0, 0.1) is 0 Å². The minimum absolute atomic E-state index is 0.0387. The molecule has 0 bridgehead atoms. The van der Waals surface area contributed by atoms with Crippen molar-refractivity contribution in [3.8, 4) is 17.2 Å². The van der Waals surface area contributed by atoms with Gasteiger partial charge in [0.1, 0.15) is 11.3 Å². The van der Waals surface area contributed by atoms with Gasteiger partial charge in [-0.25, -0.2) is 9.80 Å². The third-order valence-electron chi connectivity index (χ3n) is 6.01. The van der Waals surface area contributed by atoms with E-state index in [0.717, 1.165) is 16.8 Å². The van der Waals surface area contributed by atoms with Gasteiger partial charge in [0.25, 0.3) is 0 Å². The maximum atomic E-state index is 12.3. The molecule has 2 aliphatic heterocycles. The quantitative estimate of drug-likeness (QED) is 0.467. The molecule has 3 aromatic rings. The van der Waals surface area contributed by atoms with Crippen LogP contribution in [-0.4, -0.2) is 36.0 Å². The first-order valence-electron chi connectivity index (χ1n) is 10.5. The van der Waals surface area contributed by atoms with Crippen molar-refractivity contribution in [3.05, 3.63) is 86.9 Å². The van der Waals surface area contributed by atoms with E-state index in [4.69, 9.17) is 42.5 Å². The molecule has 0 saturated carbocycles. The zero-order valence-corrected chi connectivity index (χ0v) is 19.8. The molecule has 5 rings (SSSR count). The highest BCUT2D eigenvalue weighted by molar-refractivity contribution is 6.42. The van der Waals surface area contributed by atoms with E-state index in [1.165, 1.54) is 14.2 Å². The largest absolute Gasteiger partial charge is 0.493 e. The molecule has 34 heavy (non-hydrogen) atoms. The molecular formula is C25H20Cl2N2O5. The number of fused-ring (bicyclic) bond motifs is 3. The number of methoxy groups -OCH3 is 2. The monoisotopic (exact) mass is 498 g/mol. The molecule has 174 valence electrons. The first kappa shape index (κ1) is 22.4. The first-order chi connectivity index (χ1) is 16.4. The van der Waals surface area contributed by atoms with Crippen molar-refractivity contribution in [3.63, 3.8) is 0 Å². The van der Waals surface area contributed by atoms with E-state index in [1.54, 1.807) is 29.3 Å². The lowest BCUT2D eigenvalue weighted by molar-refractivity contribution is -0.0199. The van der Waals surface area contributed by atoms with Gasteiger partial charge >= 0.3 is 5.97 Å². The van der Waals surface area contributed by atoms with Crippen molar-refractivity contribution < 1.29 is 24.1 Å². The van der Waals surface area contributed by atoms with Crippen LogP contribution in [0.5, 0.6) is 17.2 Å². The zero-order valence-electron chi connectivity index (χ0n) is 18.3. The number of carbonyl (C=O) groups is 1. The number of para-hydroxylation sites is 1. The Morgan fingerprint density at radius 1 is 1.06 bits per heavy atom. The molecular weight excluding hydrogens is 479 g/mol. The van der Waals surface area contributed by atoms with Crippen LogP contribution in [0.2, 0.25) is 10.0 Å². The van der Waals surface area contributed by atoms with E-state index in [-0.39, 0.29) is 17.4 Å². The Balaban J connectivity index is 1.67. The van der Waals surface area contributed by atoms with Crippen LogP contribution in [0.15, 0.2) is 59.7 Å². The molecule has 2 atom stereocenters. The predicted octanol–water partition coefficient (Wildman–Crippen LogP) is 5.95. The second-order valence-corrected chi connectivity index (χ2v) is 8.67. The molecule has 0 fully saturated rings. The molecule has 3 aromatic carbocycles. The van der Waals surface area contributed by atoms with Gasteiger partial charge in [-0.05, 0) is 35.9 Å². The lowest BCUT2D eigenvalue weighted by Gasteiger charge is -2.38. The van der Waals surface area contributed by atoms with E-state index in [9.17, 15) is 9.90 Å². The number of hydrogen-bond donors (Lipinski definition) is 1. The summed E-state index contributed by atoms with van der Waals surface area (Å²) >= 11 is 12.4. The van der Waals surface area contributed by atoms with Crippen molar-refractivity contribution in [2.24, 2.45) is 5.10 Å². The van der Waals surface area contributed by atoms with Crippen molar-refractivity contribution in [1.29, 1.82) is 0 Å². The average Bonchev–Trinajstić information content (AvgIpc) is 3.30. The average molecular weight is 499 g/mol. The maximum absolute atomic E-state index is 12.3. The molecule has 2 heterocycles. The summed E-state index contributed by atoms with van der Waals surface area (Å²) in [6, 6.07) is 16.2. The SMILES string of the molecule is COc1ccc([C@H]2Oc3ccccc3[C@H]3CC(c4ccc(Cl)c(Cl)c4)=NN32)c(C(=O)O)c1OC. The molecule has 0 spiro atoms. The number of carboxylic acid groups (broad SMARTS) is 1. The Hall–Kier alpha value is -3.42. The summed E-state index contributed by atoms with van der Waals surface area (Å²) < 4.78 is 17.1. The number of carboxylic acids is 1. The fourth-order valence-corrected chi connectivity index (χ4v) is 4.76. The van der Waals surface area contributed by atoms with Gasteiger partial charge in [-0.15, -0.1) is 0 Å². The smallest absolute Gasteiger partial charge is 0.340 e. The van der Waals surface area contributed by atoms with Gasteiger partial charge in [0, 0.05) is 17.5 Å². The zero-order chi connectivity index (χ0) is 24.0. The lowest BCUT2D eigenvalue weighted by atomic mass is 9.95. The van der Waals surface area contributed by atoms with Crippen LogP contribution in [0.25, 0.3) is 0 Å². The van der Waals surface area contributed by atoms with Gasteiger partial charge < -0.3 is 19.3 Å². The Labute approximate surface area is 206 Å². The molecule has 1 N–H and O–H groups in total. The van der Waals surface area contributed by atoms with Crippen molar-refractivity contribution in [2.45, 2.75) is 18.7 Å². The molecule has 0 aliphatic carbocycles. The van der Waals surface area contributed by atoms with Gasteiger partial charge in [0.05, 0.1) is 36.0 Å². The molecule has 0 unspecified atom stereocenters. The summed E-state index contributed by atoms with van der Waals surface area (Å²) in [5.41, 5.74) is 2.97. The van der Waals surface area contributed by atoms with E-state index >= 15 is 0 Å². The molecule has 0 saturated heterocycles. The van der Waals surface area contributed by atoms with Crippen LogP contribution in [0.1, 0.15) is 45.7 Å². The van der Waals surface area contributed by atoms with E-state index in [0.29, 0.717) is 33.5 Å². The highest BCUT2D eigenvalue weighted by atomic mass is 35.5. The standard InChI is InChI=1S/C25H20Cl2N2O5/c1-32-21-10-8-15(22(25(30)31)23(21)33-2)24-29-19(14-5-3-4-6-20(14)34-24)12-18(28-29)13-7-9-16(26)17(27)11-13/h3-11,19,24H,12H2,1-2H3,(H,30,31)/t19-,24-/m1/s1. The molecule has 0 amide bonds. The predicted molar refractivity (Wildman–Crippen MR) is 129 cm³/mol. The summed E-state index contributed by atoms with van der Waals surface area (Å²) in [5.74, 6) is -0.0414. The van der Waals surface area contributed by atoms with Crippen LogP contribution < -0.4 is 14.2 Å². The summed E-state index contributed by atoms with van der Waals surface area (Å²) in [4.78, 5) is 12.3. The highest BCUT2D eigenvalue weighted by Gasteiger charge is 2.43. The van der Waals surface area contributed by atoms with Crippen LogP contribution in [-0.2, 0) is 0 Å². The normalized spacial score (nSPS) is 18.5. The minimum Gasteiger partial charge on any atom is -0.493 e. The van der Waals surface area contributed by atoms with Gasteiger partial charge in [0.15, 0.2) is 11.5 Å². The summed E-state index contributed by atoms with van der Waals surface area (Å²) in [7, 11) is 2.87. The summed E-state index contributed by atoms with van der Waals surface area (Å²) in [6.45, 7) is 0. The fraction of sp³-hybridized carbons (Fsp3) is 0.200. The first-order valence-corrected chi connectivity index (χ1v) is 11.2.